The Morgan fingerprint density at radius 3 is 2.53 bits per heavy atom. The van der Waals surface area contributed by atoms with Crippen LogP contribution in [0.3, 0.4) is 0 Å². The van der Waals surface area contributed by atoms with E-state index in [1.807, 2.05) is 0 Å². The number of benzene rings is 1. The minimum absolute atomic E-state index is 0.0273. The van der Waals surface area contributed by atoms with Crippen LogP contribution >= 0.6 is 0 Å². The van der Waals surface area contributed by atoms with Gasteiger partial charge in [-0.15, -0.1) is 0 Å². The molecule has 0 bridgehead atoms. The van der Waals surface area contributed by atoms with Crippen LogP contribution in [0.2, 0.25) is 0 Å². The summed E-state index contributed by atoms with van der Waals surface area (Å²) in [5, 5.41) is 9.23. The highest BCUT2D eigenvalue weighted by atomic mass is 32.2. The summed E-state index contributed by atoms with van der Waals surface area (Å²) in [7, 11) is -3.60. The first-order chi connectivity index (χ1) is 8.86. The second kappa shape index (κ2) is 4.94. The fourth-order valence-corrected chi connectivity index (χ4v) is 3.94. The van der Waals surface area contributed by atoms with Crippen molar-refractivity contribution in [1.82, 2.24) is 4.31 Å². The van der Waals surface area contributed by atoms with E-state index < -0.39 is 21.4 Å². The average molecular weight is 283 g/mol. The summed E-state index contributed by atoms with van der Waals surface area (Å²) in [5.74, 6) is -0.944. The van der Waals surface area contributed by atoms with Crippen molar-refractivity contribution in [2.45, 2.75) is 24.7 Å². The molecule has 1 atom stereocenters. The Kier molecular flexibility index (Phi) is 3.64. The third-order valence-electron chi connectivity index (χ3n) is 3.56. The topological polar surface area (TPSA) is 74.7 Å². The molecule has 1 aliphatic heterocycles. The van der Waals surface area contributed by atoms with Crippen molar-refractivity contribution in [2.75, 3.05) is 13.1 Å². The van der Waals surface area contributed by atoms with E-state index in [4.69, 9.17) is 0 Å². The quantitative estimate of drug-likeness (QED) is 0.913. The molecule has 104 valence electrons. The Hall–Kier alpha value is -1.40. The first kappa shape index (κ1) is 14.0. The van der Waals surface area contributed by atoms with Gasteiger partial charge in [-0.25, -0.2) is 8.42 Å². The molecule has 5 nitrogen and oxygen atoms in total. The van der Waals surface area contributed by atoms with E-state index in [0.717, 1.165) is 0 Å². The number of hydrogen-bond acceptors (Lipinski definition) is 3. The van der Waals surface area contributed by atoms with E-state index in [-0.39, 0.29) is 11.4 Å². The zero-order chi connectivity index (χ0) is 14.1. The van der Waals surface area contributed by atoms with Gasteiger partial charge in [-0.3, -0.25) is 4.79 Å². The number of rotatable bonds is 3. The monoisotopic (exact) mass is 283 g/mol. The number of carboxylic acid groups (broad SMARTS) is 1. The molecule has 1 aliphatic rings. The van der Waals surface area contributed by atoms with Crippen molar-refractivity contribution in [2.24, 2.45) is 5.41 Å². The smallest absolute Gasteiger partial charge is 0.310 e. The van der Waals surface area contributed by atoms with Crippen molar-refractivity contribution in [1.29, 1.82) is 0 Å². The number of sulfonamides is 1. The molecule has 2 rings (SSSR count). The standard InChI is InChI=1S/C13H17NO4S/c1-13(12(15)16)8-5-9-14(10-13)19(17,18)11-6-3-2-4-7-11/h2-4,6-7H,5,8-10H2,1H3,(H,15,16). The van der Waals surface area contributed by atoms with E-state index in [1.54, 1.807) is 25.1 Å². The van der Waals surface area contributed by atoms with E-state index in [0.29, 0.717) is 19.4 Å². The summed E-state index contributed by atoms with van der Waals surface area (Å²) in [6.45, 7) is 2.00. The number of piperidine rings is 1. The largest absolute Gasteiger partial charge is 0.481 e. The summed E-state index contributed by atoms with van der Waals surface area (Å²) in [6.07, 6.45) is 1.07. The Balaban J connectivity index is 2.30. The Labute approximate surface area is 112 Å². The molecular formula is C13H17NO4S. The summed E-state index contributed by atoms with van der Waals surface area (Å²) in [4.78, 5) is 11.5. The van der Waals surface area contributed by atoms with Gasteiger partial charge in [0.25, 0.3) is 0 Å². The fourth-order valence-electron chi connectivity index (χ4n) is 2.31. The first-order valence-electron chi connectivity index (χ1n) is 6.15. The van der Waals surface area contributed by atoms with E-state index >= 15 is 0 Å². The lowest BCUT2D eigenvalue weighted by molar-refractivity contribution is -0.150. The van der Waals surface area contributed by atoms with Gasteiger partial charge in [0.1, 0.15) is 0 Å². The van der Waals surface area contributed by atoms with E-state index in [9.17, 15) is 18.3 Å². The Morgan fingerprint density at radius 1 is 1.32 bits per heavy atom. The number of carboxylic acids is 1. The third-order valence-corrected chi connectivity index (χ3v) is 5.42. The molecule has 0 aromatic heterocycles. The number of aliphatic carboxylic acids is 1. The van der Waals surface area contributed by atoms with Gasteiger partial charge in [-0.2, -0.15) is 4.31 Å². The van der Waals surface area contributed by atoms with Gasteiger partial charge in [-0.05, 0) is 31.9 Å². The third kappa shape index (κ3) is 2.64. The van der Waals surface area contributed by atoms with E-state index in [1.165, 1.54) is 16.4 Å². The van der Waals surface area contributed by atoms with Crippen LogP contribution in [-0.2, 0) is 14.8 Å². The zero-order valence-corrected chi connectivity index (χ0v) is 11.6. The molecule has 19 heavy (non-hydrogen) atoms. The second-order valence-electron chi connectivity index (χ2n) is 5.12. The van der Waals surface area contributed by atoms with Crippen LogP contribution in [0.25, 0.3) is 0 Å². The maximum Gasteiger partial charge on any atom is 0.310 e. The van der Waals surface area contributed by atoms with Gasteiger partial charge < -0.3 is 5.11 Å². The molecule has 1 aromatic rings. The minimum Gasteiger partial charge on any atom is -0.481 e. The van der Waals surface area contributed by atoms with Crippen LogP contribution in [0.15, 0.2) is 35.2 Å². The molecule has 1 fully saturated rings. The minimum atomic E-state index is -3.60. The number of nitrogens with zero attached hydrogens (tertiary/aromatic N) is 1. The molecular weight excluding hydrogens is 266 g/mol. The second-order valence-corrected chi connectivity index (χ2v) is 7.06. The van der Waals surface area contributed by atoms with Crippen molar-refractivity contribution in [3.63, 3.8) is 0 Å². The van der Waals surface area contributed by atoms with Crippen LogP contribution in [0, 0.1) is 5.41 Å². The van der Waals surface area contributed by atoms with Crippen LogP contribution in [-0.4, -0.2) is 36.9 Å². The lowest BCUT2D eigenvalue weighted by atomic mass is 9.83. The van der Waals surface area contributed by atoms with Gasteiger partial charge >= 0.3 is 5.97 Å². The van der Waals surface area contributed by atoms with Crippen LogP contribution < -0.4 is 0 Å². The molecule has 1 heterocycles. The lowest BCUT2D eigenvalue weighted by Crippen LogP contribution is -2.48. The molecule has 0 radical (unpaired) electrons. The molecule has 0 amide bonds. The molecule has 1 unspecified atom stereocenters. The van der Waals surface area contributed by atoms with Crippen molar-refractivity contribution in [3.8, 4) is 0 Å². The van der Waals surface area contributed by atoms with Crippen molar-refractivity contribution < 1.29 is 18.3 Å². The summed E-state index contributed by atoms with van der Waals surface area (Å²) in [5.41, 5.74) is -1.000. The van der Waals surface area contributed by atoms with Crippen LogP contribution in [0.5, 0.6) is 0 Å². The summed E-state index contributed by atoms with van der Waals surface area (Å²) < 4.78 is 26.1. The molecule has 0 spiro atoms. The van der Waals surface area contributed by atoms with Crippen molar-refractivity contribution in [3.05, 3.63) is 30.3 Å². The van der Waals surface area contributed by atoms with Gasteiger partial charge in [0.15, 0.2) is 0 Å². The predicted molar refractivity (Wildman–Crippen MR) is 70.2 cm³/mol. The predicted octanol–water partition coefficient (Wildman–Crippen LogP) is 1.56. The van der Waals surface area contributed by atoms with Crippen LogP contribution in [0.1, 0.15) is 19.8 Å². The molecule has 1 saturated heterocycles. The first-order valence-corrected chi connectivity index (χ1v) is 7.59. The van der Waals surface area contributed by atoms with Gasteiger partial charge in [0.2, 0.25) is 10.0 Å². The molecule has 1 aromatic carbocycles. The highest BCUT2D eigenvalue weighted by Gasteiger charge is 2.41. The van der Waals surface area contributed by atoms with Crippen LogP contribution in [0.4, 0.5) is 0 Å². The normalized spacial score (nSPS) is 25.1. The lowest BCUT2D eigenvalue weighted by Gasteiger charge is -2.36. The maximum absolute atomic E-state index is 12.4. The fraction of sp³-hybridized carbons (Fsp3) is 0.462. The summed E-state index contributed by atoms with van der Waals surface area (Å²) >= 11 is 0. The molecule has 0 aliphatic carbocycles. The highest BCUT2D eigenvalue weighted by molar-refractivity contribution is 7.89. The van der Waals surface area contributed by atoms with Gasteiger partial charge in [0.05, 0.1) is 10.3 Å². The molecule has 6 heteroatoms. The van der Waals surface area contributed by atoms with Gasteiger partial charge in [0, 0.05) is 13.1 Å². The maximum atomic E-state index is 12.4. The number of hydrogen-bond donors (Lipinski definition) is 1. The molecule has 0 saturated carbocycles. The SMILES string of the molecule is CC1(C(=O)O)CCCN(S(=O)(=O)c2ccccc2)C1. The highest BCUT2D eigenvalue weighted by Crippen LogP contribution is 2.32. The van der Waals surface area contributed by atoms with Gasteiger partial charge in [-0.1, -0.05) is 18.2 Å². The van der Waals surface area contributed by atoms with E-state index in [2.05, 4.69) is 0 Å². The molecule has 1 N–H and O–H groups in total. The number of carbonyl (C=O) groups is 1. The zero-order valence-electron chi connectivity index (χ0n) is 10.7. The Bertz CT molecular complexity index is 570. The average Bonchev–Trinajstić information content (AvgIpc) is 2.39. The Morgan fingerprint density at radius 2 is 1.95 bits per heavy atom. The summed E-state index contributed by atoms with van der Waals surface area (Å²) in [6, 6.07) is 8.13. The van der Waals surface area contributed by atoms with Crippen molar-refractivity contribution >= 4 is 16.0 Å².